The third-order valence-corrected chi connectivity index (χ3v) is 4.94. The summed E-state index contributed by atoms with van der Waals surface area (Å²) in [4.78, 5) is 24.2. The number of carbonyl (C=O) groups excluding carboxylic acids is 1. The highest BCUT2D eigenvalue weighted by molar-refractivity contribution is 7.14. The molecule has 3 heterocycles. The summed E-state index contributed by atoms with van der Waals surface area (Å²) >= 11 is 7.34. The van der Waals surface area contributed by atoms with Gasteiger partial charge in [0.25, 0.3) is 5.91 Å². The van der Waals surface area contributed by atoms with Gasteiger partial charge in [0, 0.05) is 33.7 Å². The number of hydrogen-bond donors (Lipinski definition) is 2. The first kappa shape index (κ1) is 15.8. The predicted octanol–water partition coefficient (Wildman–Crippen LogP) is 4.90. The molecule has 25 heavy (non-hydrogen) atoms. The van der Waals surface area contributed by atoms with Crippen LogP contribution in [0.15, 0.2) is 48.0 Å². The van der Waals surface area contributed by atoms with E-state index in [0.717, 1.165) is 27.9 Å². The molecule has 1 aromatic carbocycles. The number of nitrogens with zero attached hydrogens (tertiary/aromatic N) is 2. The molecule has 4 rings (SSSR count). The average Bonchev–Trinajstić information content (AvgIpc) is 3.18. The second kappa shape index (κ2) is 6.31. The van der Waals surface area contributed by atoms with Crippen LogP contribution in [0, 0.1) is 6.92 Å². The molecule has 3 aromatic heterocycles. The summed E-state index contributed by atoms with van der Waals surface area (Å²) in [5.41, 5.74) is 4.30. The quantitative estimate of drug-likeness (QED) is 0.505. The minimum Gasteiger partial charge on any atom is -0.358 e. The molecule has 5 nitrogen and oxygen atoms in total. The number of amides is 1. The van der Waals surface area contributed by atoms with Gasteiger partial charge < -0.3 is 4.98 Å². The van der Waals surface area contributed by atoms with Gasteiger partial charge in [0.2, 0.25) is 0 Å². The molecule has 0 aliphatic carbocycles. The van der Waals surface area contributed by atoms with Crippen molar-refractivity contribution in [2.75, 3.05) is 5.32 Å². The molecule has 0 radical (unpaired) electrons. The van der Waals surface area contributed by atoms with Crippen LogP contribution in [0.1, 0.15) is 16.1 Å². The Morgan fingerprint density at radius 3 is 2.92 bits per heavy atom. The maximum absolute atomic E-state index is 12.3. The molecule has 0 spiro atoms. The molecule has 0 saturated heterocycles. The Morgan fingerprint density at radius 1 is 1.24 bits per heavy atom. The van der Waals surface area contributed by atoms with Crippen molar-refractivity contribution >= 4 is 44.9 Å². The van der Waals surface area contributed by atoms with Crippen LogP contribution in [-0.4, -0.2) is 20.9 Å². The summed E-state index contributed by atoms with van der Waals surface area (Å²) in [5.74, 6) is -0.324. The topological polar surface area (TPSA) is 70.7 Å². The van der Waals surface area contributed by atoms with Crippen molar-refractivity contribution in [2.24, 2.45) is 0 Å². The normalized spacial score (nSPS) is 11.0. The Balaban J connectivity index is 1.65. The van der Waals surface area contributed by atoms with Crippen molar-refractivity contribution in [1.29, 1.82) is 0 Å². The van der Waals surface area contributed by atoms with Crippen LogP contribution in [-0.2, 0) is 0 Å². The van der Waals surface area contributed by atoms with Crippen molar-refractivity contribution in [1.82, 2.24) is 15.0 Å². The van der Waals surface area contributed by atoms with Gasteiger partial charge in [0.1, 0.15) is 5.15 Å². The van der Waals surface area contributed by atoms with Gasteiger partial charge in [0.05, 0.1) is 11.3 Å². The Bertz CT molecular complexity index is 1090. The second-order valence-electron chi connectivity index (χ2n) is 5.50. The number of pyridine rings is 1. The van der Waals surface area contributed by atoms with E-state index in [2.05, 4.69) is 26.3 Å². The molecule has 0 saturated carbocycles. The zero-order valence-electron chi connectivity index (χ0n) is 13.2. The summed E-state index contributed by atoms with van der Waals surface area (Å²) in [6.07, 6.45) is 1.54. The Morgan fingerprint density at radius 2 is 2.08 bits per heavy atom. The van der Waals surface area contributed by atoms with Gasteiger partial charge in [-0.15, -0.1) is 11.3 Å². The van der Waals surface area contributed by atoms with Crippen LogP contribution in [0.25, 0.3) is 22.2 Å². The Labute approximate surface area is 152 Å². The number of rotatable bonds is 3. The molecule has 0 aliphatic rings. The van der Waals surface area contributed by atoms with E-state index in [1.165, 1.54) is 11.3 Å². The van der Waals surface area contributed by atoms with Crippen LogP contribution in [0.4, 0.5) is 5.13 Å². The first-order valence-corrected chi connectivity index (χ1v) is 8.84. The van der Waals surface area contributed by atoms with Crippen molar-refractivity contribution in [2.45, 2.75) is 6.92 Å². The first-order chi connectivity index (χ1) is 12.1. The van der Waals surface area contributed by atoms with Crippen LogP contribution >= 0.6 is 22.9 Å². The number of para-hydroxylation sites is 1. The third kappa shape index (κ3) is 2.90. The SMILES string of the molecule is Cc1[nH]c2ccccc2c1-c1csc(NC(=O)c2cccnc2Cl)n1. The summed E-state index contributed by atoms with van der Waals surface area (Å²) in [6.45, 7) is 2.02. The van der Waals surface area contributed by atoms with Crippen LogP contribution in [0.2, 0.25) is 5.15 Å². The molecular weight excluding hydrogens is 356 g/mol. The van der Waals surface area contributed by atoms with E-state index in [9.17, 15) is 4.79 Å². The molecule has 7 heteroatoms. The number of anilines is 1. The predicted molar refractivity (Wildman–Crippen MR) is 101 cm³/mol. The van der Waals surface area contributed by atoms with Crippen molar-refractivity contribution in [3.8, 4) is 11.3 Å². The molecule has 4 aromatic rings. The fourth-order valence-corrected chi connectivity index (χ4v) is 3.67. The van der Waals surface area contributed by atoms with Gasteiger partial charge in [-0.05, 0) is 25.1 Å². The zero-order valence-corrected chi connectivity index (χ0v) is 14.8. The highest BCUT2D eigenvalue weighted by Gasteiger charge is 2.16. The number of nitrogens with one attached hydrogen (secondary N) is 2. The van der Waals surface area contributed by atoms with Crippen molar-refractivity contribution in [3.05, 3.63) is 64.4 Å². The van der Waals surface area contributed by atoms with E-state index >= 15 is 0 Å². The molecule has 0 aliphatic heterocycles. The molecule has 0 unspecified atom stereocenters. The number of thiazole rings is 1. The number of aromatic nitrogens is 3. The van der Waals surface area contributed by atoms with E-state index in [0.29, 0.717) is 10.7 Å². The maximum atomic E-state index is 12.3. The monoisotopic (exact) mass is 368 g/mol. The first-order valence-electron chi connectivity index (χ1n) is 7.58. The van der Waals surface area contributed by atoms with E-state index in [1.54, 1.807) is 18.3 Å². The van der Waals surface area contributed by atoms with E-state index in [-0.39, 0.29) is 11.1 Å². The Hall–Kier alpha value is -2.70. The lowest BCUT2D eigenvalue weighted by molar-refractivity contribution is 0.102. The standard InChI is InChI=1S/C18H13ClN4OS/c1-10-15(11-5-2-3-7-13(11)21-10)14-9-25-18(22-14)23-17(24)12-6-4-8-20-16(12)19/h2-9,21H,1H3,(H,22,23,24). The lowest BCUT2D eigenvalue weighted by atomic mass is 10.1. The van der Waals surface area contributed by atoms with Crippen LogP contribution in [0.5, 0.6) is 0 Å². The zero-order chi connectivity index (χ0) is 17.4. The lowest BCUT2D eigenvalue weighted by Crippen LogP contribution is -2.12. The summed E-state index contributed by atoms with van der Waals surface area (Å²) in [6, 6.07) is 11.4. The van der Waals surface area contributed by atoms with Gasteiger partial charge in [-0.3, -0.25) is 10.1 Å². The van der Waals surface area contributed by atoms with Crippen LogP contribution in [0.3, 0.4) is 0 Å². The van der Waals surface area contributed by atoms with Crippen molar-refractivity contribution in [3.63, 3.8) is 0 Å². The van der Waals surface area contributed by atoms with E-state index in [4.69, 9.17) is 11.6 Å². The number of benzene rings is 1. The largest absolute Gasteiger partial charge is 0.358 e. The third-order valence-electron chi connectivity index (χ3n) is 3.88. The minimum absolute atomic E-state index is 0.171. The van der Waals surface area contributed by atoms with Gasteiger partial charge in [0.15, 0.2) is 5.13 Å². The molecule has 124 valence electrons. The second-order valence-corrected chi connectivity index (χ2v) is 6.72. The number of fused-ring (bicyclic) bond motifs is 1. The number of aryl methyl sites for hydroxylation is 1. The summed E-state index contributed by atoms with van der Waals surface area (Å²) in [5, 5.41) is 6.51. The molecular formula is C18H13ClN4OS. The number of halogens is 1. The summed E-state index contributed by atoms with van der Waals surface area (Å²) < 4.78 is 0. The van der Waals surface area contributed by atoms with E-state index < -0.39 is 0 Å². The molecule has 1 amide bonds. The lowest BCUT2D eigenvalue weighted by Gasteiger charge is -2.02. The molecule has 0 fully saturated rings. The van der Waals surface area contributed by atoms with Gasteiger partial charge in [-0.25, -0.2) is 9.97 Å². The molecule has 0 atom stereocenters. The average molecular weight is 369 g/mol. The Kier molecular flexibility index (Phi) is 3.99. The van der Waals surface area contributed by atoms with Gasteiger partial charge in [-0.1, -0.05) is 29.8 Å². The highest BCUT2D eigenvalue weighted by Crippen LogP contribution is 2.34. The van der Waals surface area contributed by atoms with Gasteiger partial charge in [-0.2, -0.15) is 0 Å². The van der Waals surface area contributed by atoms with Crippen LogP contribution < -0.4 is 5.32 Å². The number of H-pyrrole nitrogens is 1. The van der Waals surface area contributed by atoms with Crippen molar-refractivity contribution < 1.29 is 4.79 Å². The summed E-state index contributed by atoms with van der Waals surface area (Å²) in [7, 11) is 0. The highest BCUT2D eigenvalue weighted by atomic mass is 35.5. The molecule has 0 bridgehead atoms. The fraction of sp³-hybridized carbons (Fsp3) is 0.0556. The smallest absolute Gasteiger partial charge is 0.260 e. The number of hydrogen-bond acceptors (Lipinski definition) is 4. The number of aromatic amines is 1. The van der Waals surface area contributed by atoms with Gasteiger partial charge >= 0.3 is 0 Å². The van der Waals surface area contributed by atoms with E-state index in [1.807, 2.05) is 30.5 Å². The fourth-order valence-electron chi connectivity index (χ4n) is 2.77. The minimum atomic E-state index is -0.324. The molecule has 2 N–H and O–H groups in total. The maximum Gasteiger partial charge on any atom is 0.260 e. The number of carbonyl (C=O) groups is 1.